The second kappa shape index (κ2) is 7.60. The van der Waals surface area contributed by atoms with Gasteiger partial charge in [0.25, 0.3) is 0 Å². The van der Waals surface area contributed by atoms with Gasteiger partial charge < -0.3 is 14.4 Å². The van der Waals surface area contributed by atoms with Gasteiger partial charge in [0.2, 0.25) is 0 Å². The van der Waals surface area contributed by atoms with E-state index in [0.29, 0.717) is 44.3 Å². The van der Waals surface area contributed by atoms with Gasteiger partial charge in [-0.05, 0) is 43.4 Å². The maximum Gasteiger partial charge on any atom is 0.416 e. The molecular formula is C26H33F3N2O3. The second-order valence-corrected chi connectivity index (χ2v) is 11.4. The van der Waals surface area contributed by atoms with Crippen LogP contribution < -0.4 is 4.90 Å². The first kappa shape index (κ1) is 22.7. The van der Waals surface area contributed by atoms with E-state index in [4.69, 9.17) is 9.47 Å². The van der Waals surface area contributed by atoms with Crippen molar-refractivity contribution < 1.29 is 27.4 Å². The molecule has 1 spiro atoms. The molecule has 0 amide bonds. The molecule has 5 aliphatic rings. The second-order valence-electron chi connectivity index (χ2n) is 11.4. The van der Waals surface area contributed by atoms with Crippen molar-refractivity contribution in [3.63, 3.8) is 0 Å². The minimum absolute atomic E-state index is 0.0557. The van der Waals surface area contributed by atoms with E-state index in [1.54, 1.807) is 6.07 Å². The van der Waals surface area contributed by atoms with Crippen LogP contribution in [0.15, 0.2) is 24.3 Å². The van der Waals surface area contributed by atoms with E-state index >= 15 is 0 Å². The molecule has 6 rings (SSSR count). The number of ether oxygens (including phenoxy) is 2. The number of benzene rings is 1. The Balaban J connectivity index is 1.12. The SMILES string of the molecule is C[C@H]1CCC[C@]2(C)C[C@H]3OC(=O)[C@H](CN4CCN(c5cccc(C(F)(F)F)c5)CC4)[C@H]3[C@@H]3O[C@@]132. The predicted octanol–water partition coefficient (Wildman–Crippen LogP) is 4.35. The lowest BCUT2D eigenvalue weighted by molar-refractivity contribution is -0.146. The molecule has 0 bridgehead atoms. The van der Waals surface area contributed by atoms with E-state index < -0.39 is 11.7 Å². The Morgan fingerprint density at radius 3 is 2.68 bits per heavy atom. The third-order valence-corrected chi connectivity index (χ3v) is 9.56. The number of rotatable bonds is 3. The summed E-state index contributed by atoms with van der Waals surface area (Å²) in [6, 6.07) is 5.53. The molecule has 5 fully saturated rings. The summed E-state index contributed by atoms with van der Waals surface area (Å²) >= 11 is 0. The quantitative estimate of drug-likeness (QED) is 0.478. The zero-order chi connectivity index (χ0) is 23.9. The fourth-order valence-electron chi connectivity index (χ4n) is 7.79. The highest BCUT2D eigenvalue weighted by Crippen LogP contribution is 2.70. The van der Waals surface area contributed by atoms with Crippen molar-refractivity contribution in [2.45, 2.75) is 63.5 Å². The van der Waals surface area contributed by atoms with Gasteiger partial charge in [0.15, 0.2) is 0 Å². The number of nitrogens with zero attached hydrogens (tertiary/aromatic N) is 2. The number of epoxide rings is 1. The van der Waals surface area contributed by atoms with E-state index in [2.05, 4.69) is 18.7 Å². The first-order chi connectivity index (χ1) is 16.1. The van der Waals surface area contributed by atoms with Crippen molar-refractivity contribution in [3.8, 4) is 0 Å². The third kappa shape index (κ3) is 3.31. The number of halogens is 3. The Kier molecular flexibility index (Phi) is 5.06. The molecule has 3 heterocycles. The average Bonchev–Trinajstić information content (AvgIpc) is 3.48. The van der Waals surface area contributed by atoms with Gasteiger partial charge in [-0.25, -0.2) is 0 Å². The summed E-state index contributed by atoms with van der Waals surface area (Å²) < 4.78 is 51.8. The summed E-state index contributed by atoms with van der Waals surface area (Å²) in [6.45, 7) is 7.96. The van der Waals surface area contributed by atoms with Gasteiger partial charge in [-0.3, -0.25) is 9.69 Å². The van der Waals surface area contributed by atoms with Crippen LogP contribution in [0.25, 0.3) is 0 Å². The first-order valence-electron chi connectivity index (χ1n) is 12.7. The summed E-state index contributed by atoms with van der Waals surface area (Å²) in [4.78, 5) is 17.2. The lowest BCUT2D eigenvalue weighted by Gasteiger charge is -2.49. The van der Waals surface area contributed by atoms with E-state index in [1.807, 2.05) is 4.90 Å². The molecule has 1 aromatic rings. The highest BCUT2D eigenvalue weighted by atomic mass is 19.4. The van der Waals surface area contributed by atoms with Gasteiger partial charge in [0.1, 0.15) is 11.7 Å². The third-order valence-electron chi connectivity index (χ3n) is 9.56. The molecule has 0 aromatic heterocycles. The summed E-state index contributed by atoms with van der Waals surface area (Å²) in [5, 5.41) is 0. The zero-order valence-corrected chi connectivity index (χ0v) is 19.8. The van der Waals surface area contributed by atoms with E-state index in [0.717, 1.165) is 18.9 Å². The molecule has 2 saturated carbocycles. The molecule has 0 N–H and O–H groups in total. The van der Waals surface area contributed by atoms with Gasteiger partial charge in [0.05, 0.1) is 17.6 Å². The first-order valence-corrected chi connectivity index (χ1v) is 12.7. The Bertz CT molecular complexity index is 978. The Morgan fingerprint density at radius 2 is 1.94 bits per heavy atom. The molecule has 0 unspecified atom stereocenters. The number of hydrogen-bond acceptors (Lipinski definition) is 5. The molecule has 3 aliphatic heterocycles. The van der Waals surface area contributed by atoms with E-state index in [9.17, 15) is 18.0 Å². The maximum atomic E-state index is 13.1. The topological polar surface area (TPSA) is 45.3 Å². The highest BCUT2D eigenvalue weighted by molar-refractivity contribution is 5.76. The molecule has 34 heavy (non-hydrogen) atoms. The monoisotopic (exact) mass is 478 g/mol. The number of carbonyl (C=O) groups excluding carboxylic acids is 1. The molecule has 186 valence electrons. The fourth-order valence-corrected chi connectivity index (χ4v) is 7.79. The molecular weight excluding hydrogens is 445 g/mol. The molecule has 7 atom stereocenters. The van der Waals surface area contributed by atoms with Crippen LogP contribution >= 0.6 is 0 Å². The predicted molar refractivity (Wildman–Crippen MR) is 120 cm³/mol. The van der Waals surface area contributed by atoms with Crippen molar-refractivity contribution >= 4 is 11.7 Å². The van der Waals surface area contributed by atoms with Gasteiger partial charge in [-0.1, -0.05) is 26.3 Å². The van der Waals surface area contributed by atoms with Crippen LogP contribution in [0, 0.1) is 23.2 Å². The molecule has 8 heteroatoms. The summed E-state index contributed by atoms with van der Waals surface area (Å²) in [5.74, 6) is 0.330. The van der Waals surface area contributed by atoms with Crippen molar-refractivity contribution in [1.29, 1.82) is 0 Å². The standard InChI is InChI=1S/C26H33F3N2O3/c1-16-5-4-8-24(2)14-20-21(22-25(16,24)34-22)19(23(32)33-20)15-30-9-11-31(12-10-30)18-7-3-6-17(13-18)26(27,28)29/h3,6-7,13,16,19-22H,4-5,8-12,14-15H2,1-2H3/t16-,19+,20+,21+,22-,24+,25-/m0/s1. The van der Waals surface area contributed by atoms with Crippen LogP contribution in [0.4, 0.5) is 18.9 Å². The molecule has 2 aliphatic carbocycles. The Morgan fingerprint density at radius 1 is 1.18 bits per heavy atom. The normalized spacial score (nSPS) is 42.0. The number of fused-ring (bicyclic) bond motifs is 2. The smallest absolute Gasteiger partial charge is 0.416 e. The van der Waals surface area contributed by atoms with Gasteiger partial charge in [-0.2, -0.15) is 13.2 Å². The van der Waals surface area contributed by atoms with Crippen molar-refractivity contribution in [2.24, 2.45) is 23.2 Å². The number of alkyl halides is 3. The van der Waals surface area contributed by atoms with Crippen LogP contribution in [-0.2, 0) is 20.4 Å². The Hall–Kier alpha value is -1.80. The molecule has 3 saturated heterocycles. The van der Waals surface area contributed by atoms with Gasteiger partial charge in [-0.15, -0.1) is 0 Å². The van der Waals surface area contributed by atoms with E-state index in [1.165, 1.54) is 25.0 Å². The average molecular weight is 479 g/mol. The molecule has 0 radical (unpaired) electrons. The molecule has 1 aromatic carbocycles. The minimum atomic E-state index is -4.34. The van der Waals surface area contributed by atoms with E-state index in [-0.39, 0.29) is 41.0 Å². The van der Waals surface area contributed by atoms with Gasteiger partial charge >= 0.3 is 12.1 Å². The van der Waals surface area contributed by atoms with Crippen LogP contribution in [-0.4, -0.2) is 61.4 Å². The van der Waals surface area contributed by atoms with Crippen molar-refractivity contribution in [3.05, 3.63) is 29.8 Å². The van der Waals surface area contributed by atoms with Crippen LogP contribution in [0.5, 0.6) is 0 Å². The summed E-state index contributed by atoms with van der Waals surface area (Å²) in [7, 11) is 0. The number of hydrogen-bond donors (Lipinski definition) is 0. The summed E-state index contributed by atoms with van der Waals surface area (Å²) in [6.07, 6.45) is 0.127. The minimum Gasteiger partial charge on any atom is -0.462 e. The van der Waals surface area contributed by atoms with Crippen LogP contribution in [0.2, 0.25) is 0 Å². The highest BCUT2D eigenvalue weighted by Gasteiger charge is 2.78. The number of carbonyl (C=O) groups is 1. The van der Waals surface area contributed by atoms with Gasteiger partial charge in [0, 0.05) is 49.7 Å². The van der Waals surface area contributed by atoms with Crippen molar-refractivity contribution in [1.82, 2.24) is 4.90 Å². The zero-order valence-electron chi connectivity index (χ0n) is 19.8. The van der Waals surface area contributed by atoms with Crippen LogP contribution in [0.3, 0.4) is 0 Å². The lowest BCUT2D eigenvalue weighted by Crippen LogP contribution is -2.55. The number of anilines is 1. The van der Waals surface area contributed by atoms with Crippen molar-refractivity contribution in [2.75, 3.05) is 37.6 Å². The van der Waals surface area contributed by atoms with Crippen LogP contribution in [0.1, 0.15) is 45.1 Å². The summed E-state index contributed by atoms with van der Waals surface area (Å²) in [5.41, 5.74) is -0.0314. The largest absolute Gasteiger partial charge is 0.462 e. The number of esters is 1. The number of piperazine rings is 1. The fraction of sp³-hybridized carbons (Fsp3) is 0.731. The Labute approximate surface area is 198 Å². The lowest BCUT2D eigenvalue weighted by atomic mass is 9.53. The maximum absolute atomic E-state index is 13.1. The molecule has 5 nitrogen and oxygen atoms in total.